The zero-order chi connectivity index (χ0) is 8.10. The van der Waals surface area contributed by atoms with E-state index in [2.05, 4.69) is 18.8 Å². The van der Waals surface area contributed by atoms with Crippen LogP contribution in [0.4, 0.5) is 0 Å². The summed E-state index contributed by atoms with van der Waals surface area (Å²) >= 11 is 1.73. The molecule has 1 heterocycles. The number of ether oxygens (including phenoxy) is 1. The second-order valence-electron chi connectivity index (χ2n) is 2.74. The molecule has 0 amide bonds. The van der Waals surface area contributed by atoms with Crippen molar-refractivity contribution in [2.75, 3.05) is 12.3 Å². The van der Waals surface area contributed by atoms with Gasteiger partial charge < -0.3 is 4.74 Å². The van der Waals surface area contributed by atoms with Crippen molar-refractivity contribution in [1.82, 2.24) is 0 Å². The zero-order valence-corrected chi connectivity index (χ0v) is 7.99. The molecule has 0 aromatic heterocycles. The van der Waals surface area contributed by atoms with Crippen LogP contribution in [-0.4, -0.2) is 23.6 Å². The maximum absolute atomic E-state index is 5.42. The summed E-state index contributed by atoms with van der Waals surface area (Å²) in [7, 11) is 0. The molecule has 1 aliphatic rings. The van der Waals surface area contributed by atoms with Gasteiger partial charge in [-0.1, -0.05) is 25.1 Å². The average molecular weight is 173 g/mol. The molecule has 0 aromatic carbocycles. The standard InChI is InChI=1S/C8H15NOS/c1-3-4-5-9-8-10-7(2)6-11-8/h7H,3-6H2,1-2H3. The third-order valence-electron chi connectivity index (χ3n) is 1.50. The normalized spacial score (nSPS) is 27.5. The Morgan fingerprint density at radius 3 is 3.09 bits per heavy atom. The lowest BCUT2D eigenvalue weighted by molar-refractivity contribution is 0.251. The Labute approximate surface area is 72.4 Å². The zero-order valence-electron chi connectivity index (χ0n) is 7.17. The van der Waals surface area contributed by atoms with E-state index in [1.165, 1.54) is 12.8 Å². The lowest BCUT2D eigenvalue weighted by atomic mass is 10.3. The van der Waals surface area contributed by atoms with Crippen LogP contribution < -0.4 is 0 Å². The molecule has 1 aliphatic heterocycles. The van der Waals surface area contributed by atoms with Crippen molar-refractivity contribution in [1.29, 1.82) is 0 Å². The van der Waals surface area contributed by atoms with Crippen molar-refractivity contribution in [3.63, 3.8) is 0 Å². The van der Waals surface area contributed by atoms with Crippen molar-refractivity contribution in [2.45, 2.75) is 32.8 Å². The van der Waals surface area contributed by atoms with Gasteiger partial charge in [0.15, 0.2) is 0 Å². The van der Waals surface area contributed by atoms with E-state index in [0.717, 1.165) is 17.5 Å². The first-order chi connectivity index (χ1) is 5.33. The van der Waals surface area contributed by atoms with Gasteiger partial charge in [-0.25, -0.2) is 4.99 Å². The predicted octanol–water partition coefficient (Wildman–Crippen LogP) is 2.29. The molecule has 0 radical (unpaired) electrons. The van der Waals surface area contributed by atoms with Crippen LogP contribution >= 0.6 is 11.8 Å². The number of hydrogen-bond acceptors (Lipinski definition) is 3. The van der Waals surface area contributed by atoms with Crippen LogP contribution in [0, 0.1) is 0 Å². The van der Waals surface area contributed by atoms with Gasteiger partial charge in [-0.2, -0.15) is 0 Å². The first-order valence-electron chi connectivity index (χ1n) is 4.17. The molecular weight excluding hydrogens is 158 g/mol. The largest absolute Gasteiger partial charge is 0.469 e. The first-order valence-corrected chi connectivity index (χ1v) is 5.15. The Balaban J connectivity index is 2.19. The van der Waals surface area contributed by atoms with Crippen molar-refractivity contribution >= 4 is 17.0 Å². The minimum Gasteiger partial charge on any atom is -0.469 e. The Morgan fingerprint density at radius 1 is 1.73 bits per heavy atom. The summed E-state index contributed by atoms with van der Waals surface area (Å²) in [6, 6.07) is 0. The summed E-state index contributed by atoms with van der Waals surface area (Å²) in [5, 5.41) is 0.894. The van der Waals surface area contributed by atoms with Gasteiger partial charge in [0.05, 0.1) is 0 Å². The number of unbranched alkanes of at least 4 members (excludes halogenated alkanes) is 1. The molecule has 0 N–H and O–H groups in total. The van der Waals surface area contributed by atoms with Crippen LogP contribution in [0.5, 0.6) is 0 Å². The topological polar surface area (TPSA) is 21.6 Å². The molecule has 0 saturated carbocycles. The molecule has 2 nitrogen and oxygen atoms in total. The van der Waals surface area contributed by atoms with E-state index in [1.807, 2.05) is 0 Å². The first kappa shape index (κ1) is 8.91. The summed E-state index contributed by atoms with van der Waals surface area (Å²) < 4.78 is 5.42. The lowest BCUT2D eigenvalue weighted by Crippen LogP contribution is -2.03. The molecule has 0 bridgehead atoms. The Bertz CT molecular complexity index is 147. The predicted molar refractivity (Wildman–Crippen MR) is 50.2 cm³/mol. The SMILES string of the molecule is CCCCN=C1OC(C)CS1. The van der Waals surface area contributed by atoms with Crippen LogP contribution in [-0.2, 0) is 4.74 Å². The van der Waals surface area contributed by atoms with E-state index in [-0.39, 0.29) is 0 Å². The molecule has 1 rings (SSSR count). The third-order valence-corrected chi connectivity index (χ3v) is 2.60. The maximum Gasteiger partial charge on any atom is 0.246 e. The molecule has 0 aromatic rings. The second kappa shape index (κ2) is 4.65. The fraction of sp³-hybridized carbons (Fsp3) is 0.875. The molecule has 1 fully saturated rings. The summed E-state index contributed by atoms with van der Waals surface area (Å²) in [6.45, 7) is 5.17. The summed E-state index contributed by atoms with van der Waals surface area (Å²) in [6.07, 6.45) is 2.74. The second-order valence-corrected chi connectivity index (χ2v) is 3.71. The Morgan fingerprint density at radius 2 is 2.55 bits per heavy atom. The highest BCUT2D eigenvalue weighted by molar-refractivity contribution is 8.13. The number of hydrogen-bond donors (Lipinski definition) is 0. The molecule has 1 atom stereocenters. The van der Waals surface area contributed by atoms with E-state index >= 15 is 0 Å². The van der Waals surface area contributed by atoms with Crippen LogP contribution in [0.2, 0.25) is 0 Å². The van der Waals surface area contributed by atoms with Crippen molar-refractivity contribution < 1.29 is 4.74 Å². The van der Waals surface area contributed by atoms with Gasteiger partial charge in [0, 0.05) is 12.3 Å². The number of aliphatic imine (C=N–C) groups is 1. The highest BCUT2D eigenvalue weighted by Gasteiger charge is 2.17. The van der Waals surface area contributed by atoms with E-state index < -0.39 is 0 Å². The number of thioether (sulfide) groups is 1. The van der Waals surface area contributed by atoms with E-state index in [4.69, 9.17) is 4.74 Å². The van der Waals surface area contributed by atoms with Crippen LogP contribution in [0.25, 0.3) is 0 Å². The molecule has 1 saturated heterocycles. The van der Waals surface area contributed by atoms with E-state index in [9.17, 15) is 0 Å². The highest BCUT2D eigenvalue weighted by atomic mass is 32.2. The van der Waals surface area contributed by atoms with Gasteiger partial charge in [0.25, 0.3) is 0 Å². The summed E-state index contributed by atoms with van der Waals surface area (Å²) in [4.78, 5) is 4.32. The quantitative estimate of drug-likeness (QED) is 0.611. The maximum atomic E-state index is 5.42. The Kier molecular flexibility index (Phi) is 3.77. The molecule has 64 valence electrons. The Hall–Kier alpha value is -0.180. The van der Waals surface area contributed by atoms with E-state index in [1.54, 1.807) is 11.8 Å². The molecule has 11 heavy (non-hydrogen) atoms. The fourth-order valence-electron chi connectivity index (χ4n) is 0.840. The number of nitrogens with zero attached hydrogens (tertiary/aromatic N) is 1. The molecule has 0 aliphatic carbocycles. The molecule has 1 unspecified atom stereocenters. The van der Waals surface area contributed by atoms with Gasteiger partial charge >= 0.3 is 0 Å². The minimum absolute atomic E-state index is 0.361. The van der Waals surface area contributed by atoms with Gasteiger partial charge in [0.2, 0.25) is 5.23 Å². The summed E-state index contributed by atoms with van der Waals surface area (Å²) in [5.74, 6) is 1.06. The third kappa shape index (κ3) is 3.14. The van der Waals surface area contributed by atoms with Crippen molar-refractivity contribution in [3.8, 4) is 0 Å². The van der Waals surface area contributed by atoms with Gasteiger partial charge in [-0.3, -0.25) is 0 Å². The smallest absolute Gasteiger partial charge is 0.246 e. The van der Waals surface area contributed by atoms with E-state index in [0.29, 0.717) is 6.10 Å². The fourth-order valence-corrected chi connectivity index (χ4v) is 1.70. The van der Waals surface area contributed by atoms with Crippen LogP contribution in [0.1, 0.15) is 26.7 Å². The van der Waals surface area contributed by atoms with Crippen LogP contribution in [0.3, 0.4) is 0 Å². The highest BCUT2D eigenvalue weighted by Crippen LogP contribution is 2.19. The van der Waals surface area contributed by atoms with Gasteiger partial charge in [-0.05, 0) is 13.3 Å². The molecule has 3 heteroatoms. The van der Waals surface area contributed by atoms with Gasteiger partial charge in [-0.15, -0.1) is 0 Å². The lowest BCUT2D eigenvalue weighted by Gasteiger charge is -1.99. The van der Waals surface area contributed by atoms with Gasteiger partial charge in [0.1, 0.15) is 6.10 Å². The van der Waals surface area contributed by atoms with Crippen LogP contribution in [0.15, 0.2) is 4.99 Å². The monoisotopic (exact) mass is 173 g/mol. The van der Waals surface area contributed by atoms with Crippen molar-refractivity contribution in [3.05, 3.63) is 0 Å². The average Bonchev–Trinajstić information content (AvgIpc) is 2.37. The number of rotatable bonds is 3. The minimum atomic E-state index is 0.361. The summed E-state index contributed by atoms with van der Waals surface area (Å²) in [5.41, 5.74) is 0. The van der Waals surface area contributed by atoms with Crippen molar-refractivity contribution in [2.24, 2.45) is 4.99 Å². The molecule has 0 spiro atoms. The molecular formula is C8H15NOS.